The lowest BCUT2D eigenvalue weighted by atomic mass is 10.2. The summed E-state index contributed by atoms with van der Waals surface area (Å²) in [6.45, 7) is 3.54. The van der Waals surface area contributed by atoms with E-state index in [-0.39, 0.29) is 6.10 Å². The first kappa shape index (κ1) is 14.2. The second-order valence-corrected chi connectivity index (χ2v) is 5.74. The zero-order chi connectivity index (χ0) is 13.7. The molecule has 0 bridgehead atoms. The van der Waals surface area contributed by atoms with Gasteiger partial charge in [-0.15, -0.1) is 11.3 Å². The van der Waals surface area contributed by atoms with Crippen LogP contribution in [0.15, 0.2) is 35.7 Å². The van der Waals surface area contributed by atoms with Gasteiger partial charge in [-0.25, -0.2) is 4.98 Å². The van der Waals surface area contributed by atoms with Gasteiger partial charge in [-0.3, -0.25) is 0 Å². The van der Waals surface area contributed by atoms with E-state index >= 15 is 0 Å². The molecule has 0 aliphatic heterocycles. The van der Waals surface area contributed by atoms with Gasteiger partial charge in [-0.1, -0.05) is 30.3 Å². The Balaban J connectivity index is 1.94. The highest BCUT2D eigenvalue weighted by Gasteiger charge is 2.07. The van der Waals surface area contributed by atoms with Gasteiger partial charge in [0.05, 0.1) is 11.8 Å². The van der Waals surface area contributed by atoms with Crippen LogP contribution in [0.2, 0.25) is 0 Å². The smallest absolute Gasteiger partial charge is 0.123 e. The Morgan fingerprint density at radius 3 is 2.74 bits per heavy atom. The average Bonchev–Trinajstić information content (AvgIpc) is 2.86. The number of aliphatic hydroxyl groups excluding tert-OH is 1. The van der Waals surface area contributed by atoms with Gasteiger partial charge < -0.3 is 10.0 Å². The van der Waals surface area contributed by atoms with E-state index in [0.717, 1.165) is 30.2 Å². The largest absolute Gasteiger partial charge is 0.393 e. The van der Waals surface area contributed by atoms with Gasteiger partial charge in [0.15, 0.2) is 0 Å². The SMILES string of the molecule is CC(O)CCN(C)Cc1csc(-c2ccccc2)n1. The minimum absolute atomic E-state index is 0.238. The van der Waals surface area contributed by atoms with Crippen molar-refractivity contribution in [3.8, 4) is 10.6 Å². The van der Waals surface area contributed by atoms with Gasteiger partial charge in [0.1, 0.15) is 5.01 Å². The third-order valence-corrected chi connectivity index (χ3v) is 3.87. The number of thiazole rings is 1. The Labute approximate surface area is 118 Å². The van der Waals surface area contributed by atoms with E-state index in [9.17, 15) is 5.11 Å². The van der Waals surface area contributed by atoms with Crippen molar-refractivity contribution in [1.82, 2.24) is 9.88 Å². The number of aromatic nitrogens is 1. The molecule has 4 heteroatoms. The van der Waals surface area contributed by atoms with Crippen LogP contribution < -0.4 is 0 Å². The van der Waals surface area contributed by atoms with Gasteiger partial charge in [0.25, 0.3) is 0 Å². The van der Waals surface area contributed by atoms with E-state index in [1.807, 2.05) is 25.1 Å². The second-order valence-electron chi connectivity index (χ2n) is 4.89. The summed E-state index contributed by atoms with van der Waals surface area (Å²) < 4.78 is 0. The number of benzene rings is 1. The van der Waals surface area contributed by atoms with Crippen LogP contribution >= 0.6 is 11.3 Å². The summed E-state index contributed by atoms with van der Waals surface area (Å²) in [6.07, 6.45) is 0.560. The summed E-state index contributed by atoms with van der Waals surface area (Å²) in [7, 11) is 2.06. The molecule has 0 saturated heterocycles. The topological polar surface area (TPSA) is 36.4 Å². The van der Waals surface area contributed by atoms with Crippen molar-refractivity contribution in [1.29, 1.82) is 0 Å². The molecular weight excluding hydrogens is 256 g/mol. The Bertz CT molecular complexity index is 496. The third-order valence-electron chi connectivity index (χ3n) is 2.93. The van der Waals surface area contributed by atoms with Gasteiger partial charge in [-0.05, 0) is 20.4 Å². The summed E-state index contributed by atoms with van der Waals surface area (Å²) in [5.74, 6) is 0. The number of aliphatic hydroxyl groups is 1. The zero-order valence-electron chi connectivity index (χ0n) is 11.4. The molecule has 1 aromatic heterocycles. The fourth-order valence-corrected chi connectivity index (χ4v) is 2.67. The molecule has 0 saturated carbocycles. The molecule has 2 rings (SSSR count). The summed E-state index contributed by atoms with van der Waals surface area (Å²) in [5, 5.41) is 12.5. The second kappa shape index (κ2) is 6.80. The van der Waals surface area contributed by atoms with Gasteiger partial charge >= 0.3 is 0 Å². The van der Waals surface area contributed by atoms with Crippen molar-refractivity contribution >= 4 is 11.3 Å². The van der Waals surface area contributed by atoms with E-state index in [2.05, 4.69) is 34.4 Å². The number of rotatable bonds is 6. The standard InChI is InChI=1S/C15H20N2OS/c1-12(18)8-9-17(2)10-14-11-19-15(16-14)13-6-4-3-5-7-13/h3-7,11-12,18H,8-10H2,1-2H3. The first-order chi connectivity index (χ1) is 9.15. The first-order valence-electron chi connectivity index (χ1n) is 6.51. The molecule has 1 N–H and O–H groups in total. The molecule has 0 spiro atoms. The quantitative estimate of drug-likeness (QED) is 0.881. The molecule has 3 nitrogen and oxygen atoms in total. The highest BCUT2D eigenvalue weighted by Crippen LogP contribution is 2.23. The minimum atomic E-state index is -0.238. The molecule has 1 unspecified atom stereocenters. The fraction of sp³-hybridized carbons (Fsp3) is 0.400. The van der Waals surface area contributed by atoms with E-state index < -0.39 is 0 Å². The molecule has 1 atom stereocenters. The van der Waals surface area contributed by atoms with Crippen molar-refractivity contribution in [3.05, 3.63) is 41.4 Å². The number of nitrogens with zero attached hydrogens (tertiary/aromatic N) is 2. The van der Waals surface area contributed by atoms with Crippen LogP contribution in [0.3, 0.4) is 0 Å². The van der Waals surface area contributed by atoms with Crippen LogP contribution in [-0.2, 0) is 6.54 Å². The van der Waals surface area contributed by atoms with Crippen molar-refractivity contribution < 1.29 is 5.11 Å². The fourth-order valence-electron chi connectivity index (χ4n) is 1.86. The lowest BCUT2D eigenvalue weighted by Crippen LogP contribution is -2.22. The van der Waals surface area contributed by atoms with Crippen LogP contribution in [0.1, 0.15) is 19.0 Å². The van der Waals surface area contributed by atoms with E-state index in [1.54, 1.807) is 11.3 Å². The van der Waals surface area contributed by atoms with Crippen molar-refractivity contribution in [3.63, 3.8) is 0 Å². The number of hydrogen-bond donors (Lipinski definition) is 1. The molecule has 0 radical (unpaired) electrons. The molecule has 0 amide bonds. The van der Waals surface area contributed by atoms with Crippen molar-refractivity contribution in [2.75, 3.05) is 13.6 Å². The highest BCUT2D eigenvalue weighted by atomic mass is 32.1. The van der Waals surface area contributed by atoms with Gasteiger partial charge in [-0.2, -0.15) is 0 Å². The molecule has 19 heavy (non-hydrogen) atoms. The van der Waals surface area contributed by atoms with E-state index in [0.29, 0.717) is 0 Å². The monoisotopic (exact) mass is 276 g/mol. The lowest BCUT2D eigenvalue weighted by Gasteiger charge is -2.15. The molecule has 0 aliphatic carbocycles. The maximum atomic E-state index is 9.28. The maximum Gasteiger partial charge on any atom is 0.123 e. The number of hydrogen-bond acceptors (Lipinski definition) is 4. The van der Waals surface area contributed by atoms with Gasteiger partial charge in [0, 0.05) is 24.0 Å². The Morgan fingerprint density at radius 2 is 2.05 bits per heavy atom. The Kier molecular flexibility index (Phi) is 5.07. The van der Waals surface area contributed by atoms with Gasteiger partial charge in [0.2, 0.25) is 0 Å². The third kappa shape index (κ3) is 4.42. The molecule has 102 valence electrons. The Morgan fingerprint density at radius 1 is 1.32 bits per heavy atom. The first-order valence-corrected chi connectivity index (χ1v) is 7.39. The summed E-state index contributed by atoms with van der Waals surface area (Å²) in [5.41, 5.74) is 2.27. The van der Waals surface area contributed by atoms with Crippen LogP contribution in [0.25, 0.3) is 10.6 Å². The zero-order valence-corrected chi connectivity index (χ0v) is 12.2. The Hall–Kier alpha value is -1.23. The van der Waals surface area contributed by atoms with Crippen molar-refractivity contribution in [2.24, 2.45) is 0 Å². The van der Waals surface area contributed by atoms with Crippen LogP contribution in [0.5, 0.6) is 0 Å². The normalized spacial score (nSPS) is 12.8. The van der Waals surface area contributed by atoms with Crippen LogP contribution in [0.4, 0.5) is 0 Å². The lowest BCUT2D eigenvalue weighted by molar-refractivity contribution is 0.162. The van der Waals surface area contributed by atoms with E-state index in [4.69, 9.17) is 0 Å². The van der Waals surface area contributed by atoms with E-state index in [1.165, 1.54) is 5.56 Å². The summed E-state index contributed by atoms with van der Waals surface area (Å²) in [6, 6.07) is 10.2. The molecular formula is C15H20N2OS. The van der Waals surface area contributed by atoms with Crippen molar-refractivity contribution in [2.45, 2.75) is 26.0 Å². The average molecular weight is 276 g/mol. The van der Waals surface area contributed by atoms with Crippen LogP contribution in [-0.4, -0.2) is 34.7 Å². The molecule has 2 aromatic rings. The van der Waals surface area contributed by atoms with Crippen LogP contribution in [0, 0.1) is 0 Å². The predicted molar refractivity (Wildman–Crippen MR) is 80.2 cm³/mol. The minimum Gasteiger partial charge on any atom is -0.393 e. The molecule has 1 heterocycles. The highest BCUT2D eigenvalue weighted by molar-refractivity contribution is 7.13. The maximum absolute atomic E-state index is 9.28. The predicted octanol–water partition coefficient (Wildman–Crippen LogP) is 3.01. The molecule has 0 aliphatic rings. The molecule has 0 fully saturated rings. The summed E-state index contributed by atoms with van der Waals surface area (Å²) in [4.78, 5) is 6.85. The molecule has 1 aromatic carbocycles. The summed E-state index contributed by atoms with van der Waals surface area (Å²) >= 11 is 1.68.